The van der Waals surface area contributed by atoms with Crippen LogP contribution in [0.25, 0.3) is 0 Å². The van der Waals surface area contributed by atoms with E-state index in [4.69, 9.17) is 28.4 Å². The van der Waals surface area contributed by atoms with Crippen LogP contribution in [-0.2, 0) is 10.0 Å². The van der Waals surface area contributed by atoms with E-state index in [-0.39, 0.29) is 10.0 Å². The van der Waals surface area contributed by atoms with Crippen molar-refractivity contribution in [2.24, 2.45) is 15.9 Å². The molecule has 0 aliphatic carbocycles. The lowest BCUT2D eigenvalue weighted by Crippen LogP contribution is -2.34. The number of ether oxygens (including phenoxy) is 1. The topological polar surface area (TPSA) is 149 Å². The number of benzene rings is 2. The third kappa shape index (κ3) is 6.43. The van der Waals surface area contributed by atoms with Gasteiger partial charge in [0.25, 0.3) is 15.9 Å². The quantitative estimate of drug-likeness (QED) is 0.291. The van der Waals surface area contributed by atoms with Crippen LogP contribution in [0.15, 0.2) is 57.8 Å². The molecular weight excluding hydrogens is 414 g/mol. The molecule has 0 aliphatic heterocycles. The lowest BCUT2D eigenvalue weighted by molar-refractivity contribution is 0.0973. The third-order valence-corrected chi connectivity index (χ3v) is 4.98. The molecular formula is C18H21N5O4S2. The highest BCUT2D eigenvalue weighted by molar-refractivity contribution is 7.90. The van der Waals surface area contributed by atoms with Gasteiger partial charge in [-0.2, -0.15) is 8.42 Å². The molecule has 0 radical (unpaired) electrons. The molecule has 0 fully saturated rings. The highest BCUT2D eigenvalue weighted by Gasteiger charge is 2.15. The third-order valence-electron chi connectivity index (χ3n) is 3.46. The highest BCUT2D eigenvalue weighted by atomic mass is 32.2. The van der Waals surface area contributed by atoms with Crippen molar-refractivity contribution in [2.75, 3.05) is 11.9 Å². The Labute approximate surface area is 174 Å². The first-order valence-electron chi connectivity index (χ1n) is 8.53. The number of nitrogens with two attached hydrogens (primary N) is 2. The maximum absolute atomic E-state index is 12.5. The zero-order chi connectivity index (χ0) is 21.4. The first-order chi connectivity index (χ1) is 13.7. The van der Waals surface area contributed by atoms with E-state index in [9.17, 15) is 13.2 Å². The fraction of sp³-hybridized carbons (Fsp3) is 0.167. The standard InChI is InChI=1S/C18H21N5O4S2/c1-2-11-27-15-6-4-3-5-14(15)16(24)22-18(28)21-12-7-9-13(10-8-12)29(25,26)23-17(19)20/h3-10H,2,11H2,1H3,(H4,19,20,23)(H2,21,22,24,28). The van der Waals surface area contributed by atoms with Gasteiger partial charge in [0, 0.05) is 5.69 Å². The zero-order valence-electron chi connectivity index (χ0n) is 15.6. The molecule has 0 aliphatic rings. The number of sulfonamides is 1. The second kappa shape index (κ2) is 9.85. The van der Waals surface area contributed by atoms with Crippen molar-refractivity contribution in [1.29, 1.82) is 0 Å². The minimum absolute atomic E-state index is 0.0418. The molecule has 0 aromatic heterocycles. The molecule has 1 amide bonds. The predicted octanol–water partition coefficient (Wildman–Crippen LogP) is 1.56. The van der Waals surface area contributed by atoms with Gasteiger partial charge in [-0.15, -0.1) is 4.40 Å². The lowest BCUT2D eigenvalue weighted by atomic mass is 10.2. The molecule has 29 heavy (non-hydrogen) atoms. The summed E-state index contributed by atoms with van der Waals surface area (Å²) in [6, 6.07) is 12.4. The summed E-state index contributed by atoms with van der Waals surface area (Å²) in [5.74, 6) is -0.524. The number of nitrogens with one attached hydrogen (secondary N) is 2. The molecule has 2 aromatic rings. The molecule has 2 aromatic carbocycles. The van der Waals surface area contributed by atoms with Crippen LogP contribution in [-0.4, -0.2) is 32.0 Å². The van der Waals surface area contributed by atoms with E-state index in [1.165, 1.54) is 24.3 Å². The van der Waals surface area contributed by atoms with Crippen molar-refractivity contribution < 1.29 is 17.9 Å². The maximum Gasteiger partial charge on any atom is 0.285 e. The first kappa shape index (κ1) is 22.1. The van der Waals surface area contributed by atoms with Crippen molar-refractivity contribution in [3.05, 3.63) is 54.1 Å². The van der Waals surface area contributed by atoms with Gasteiger partial charge in [0.2, 0.25) is 5.96 Å². The number of thiocarbonyl (C=S) groups is 1. The molecule has 11 heteroatoms. The molecule has 0 spiro atoms. The number of hydrogen-bond acceptors (Lipinski definition) is 5. The molecule has 0 bridgehead atoms. The number of para-hydroxylation sites is 1. The van der Waals surface area contributed by atoms with Gasteiger partial charge in [-0.05, 0) is 55.0 Å². The smallest absolute Gasteiger partial charge is 0.285 e. The normalized spacial score (nSPS) is 10.7. The van der Waals surface area contributed by atoms with Gasteiger partial charge < -0.3 is 21.5 Å². The summed E-state index contributed by atoms with van der Waals surface area (Å²) in [7, 11) is -3.98. The number of anilines is 1. The van der Waals surface area contributed by atoms with Crippen LogP contribution < -0.4 is 26.8 Å². The van der Waals surface area contributed by atoms with Crippen molar-refractivity contribution in [2.45, 2.75) is 18.2 Å². The van der Waals surface area contributed by atoms with Crippen LogP contribution in [0.3, 0.4) is 0 Å². The van der Waals surface area contributed by atoms with Crippen molar-refractivity contribution in [3.8, 4) is 5.75 Å². The molecule has 2 rings (SSSR count). The summed E-state index contributed by atoms with van der Waals surface area (Å²) in [6.45, 7) is 2.46. The fourth-order valence-corrected chi connectivity index (χ4v) is 3.30. The van der Waals surface area contributed by atoms with Crippen molar-refractivity contribution >= 4 is 44.9 Å². The average molecular weight is 436 g/mol. The minimum Gasteiger partial charge on any atom is -0.493 e. The summed E-state index contributed by atoms with van der Waals surface area (Å²) in [5, 5.41) is 5.41. The number of carbonyl (C=O) groups excluding carboxylic acids is 1. The summed E-state index contributed by atoms with van der Waals surface area (Å²) in [6.07, 6.45) is 0.810. The van der Waals surface area contributed by atoms with E-state index in [2.05, 4.69) is 15.0 Å². The van der Waals surface area contributed by atoms with Crippen LogP contribution >= 0.6 is 12.2 Å². The Morgan fingerprint density at radius 1 is 1.14 bits per heavy atom. The van der Waals surface area contributed by atoms with Gasteiger partial charge >= 0.3 is 0 Å². The van der Waals surface area contributed by atoms with E-state index >= 15 is 0 Å². The molecule has 0 heterocycles. The lowest BCUT2D eigenvalue weighted by Gasteiger charge is -2.13. The largest absolute Gasteiger partial charge is 0.493 e. The van der Waals surface area contributed by atoms with Crippen LogP contribution in [0.1, 0.15) is 23.7 Å². The Balaban J connectivity index is 2.05. The number of hydrogen-bond donors (Lipinski definition) is 4. The molecule has 9 nitrogen and oxygen atoms in total. The number of carbonyl (C=O) groups is 1. The Kier molecular flexibility index (Phi) is 7.51. The summed E-state index contributed by atoms with van der Waals surface area (Å²) < 4.78 is 32.6. The average Bonchev–Trinajstić information content (AvgIpc) is 2.66. The van der Waals surface area contributed by atoms with E-state index in [1.807, 2.05) is 6.92 Å². The second-order valence-electron chi connectivity index (χ2n) is 5.77. The Morgan fingerprint density at radius 3 is 2.41 bits per heavy atom. The van der Waals surface area contributed by atoms with E-state index < -0.39 is 21.9 Å². The zero-order valence-corrected chi connectivity index (χ0v) is 17.2. The predicted molar refractivity (Wildman–Crippen MR) is 115 cm³/mol. The summed E-state index contributed by atoms with van der Waals surface area (Å²) >= 11 is 5.15. The first-order valence-corrected chi connectivity index (χ1v) is 10.4. The summed E-state index contributed by atoms with van der Waals surface area (Å²) in [5.41, 5.74) is 11.0. The van der Waals surface area contributed by atoms with Gasteiger partial charge in [-0.25, -0.2) is 0 Å². The van der Waals surface area contributed by atoms with E-state index in [1.54, 1.807) is 24.3 Å². The van der Waals surface area contributed by atoms with Crippen molar-refractivity contribution in [1.82, 2.24) is 5.32 Å². The SMILES string of the molecule is CCCOc1ccccc1C(=O)NC(=S)Nc1ccc(S(=O)(=O)N=C(N)N)cc1. The summed E-state index contributed by atoms with van der Waals surface area (Å²) in [4.78, 5) is 12.4. The fourth-order valence-electron chi connectivity index (χ4n) is 2.23. The number of nitrogens with zero attached hydrogens (tertiary/aromatic N) is 1. The molecule has 154 valence electrons. The Morgan fingerprint density at radius 2 is 1.79 bits per heavy atom. The Bertz CT molecular complexity index is 1020. The van der Waals surface area contributed by atoms with Crippen LogP contribution in [0.4, 0.5) is 5.69 Å². The maximum atomic E-state index is 12.5. The van der Waals surface area contributed by atoms with Crippen LogP contribution in [0.5, 0.6) is 5.75 Å². The molecule has 0 saturated heterocycles. The van der Waals surface area contributed by atoms with E-state index in [0.29, 0.717) is 23.6 Å². The molecule has 0 unspecified atom stereocenters. The minimum atomic E-state index is -3.98. The van der Waals surface area contributed by atoms with Crippen LogP contribution in [0, 0.1) is 0 Å². The number of guanidine groups is 1. The second-order valence-corrected chi connectivity index (χ2v) is 7.78. The van der Waals surface area contributed by atoms with E-state index in [0.717, 1.165) is 6.42 Å². The van der Waals surface area contributed by atoms with Gasteiger partial charge in [0.15, 0.2) is 5.11 Å². The van der Waals surface area contributed by atoms with Crippen LogP contribution in [0.2, 0.25) is 0 Å². The van der Waals surface area contributed by atoms with Gasteiger partial charge in [-0.1, -0.05) is 19.1 Å². The highest BCUT2D eigenvalue weighted by Crippen LogP contribution is 2.19. The molecule has 0 atom stereocenters. The monoisotopic (exact) mass is 435 g/mol. The Hall–Kier alpha value is -3.18. The van der Waals surface area contributed by atoms with Crippen molar-refractivity contribution in [3.63, 3.8) is 0 Å². The number of amides is 1. The number of rotatable bonds is 7. The van der Waals surface area contributed by atoms with Gasteiger partial charge in [-0.3, -0.25) is 10.1 Å². The molecule has 0 saturated carbocycles. The van der Waals surface area contributed by atoms with Gasteiger partial charge in [0.05, 0.1) is 17.1 Å². The molecule has 6 N–H and O–H groups in total. The van der Waals surface area contributed by atoms with Gasteiger partial charge in [0.1, 0.15) is 5.75 Å².